The van der Waals surface area contributed by atoms with E-state index in [4.69, 9.17) is 5.11 Å². The van der Waals surface area contributed by atoms with Gasteiger partial charge in [-0.05, 0) is 12.8 Å². The van der Waals surface area contributed by atoms with Crippen molar-refractivity contribution in [1.29, 1.82) is 0 Å². The summed E-state index contributed by atoms with van der Waals surface area (Å²) in [4.78, 5) is 0. The molecule has 0 heterocycles. The first kappa shape index (κ1) is 5.06. The number of hydrogen-bond donors (Lipinski definition) is 2. The molecular formula is C5H12NO+. The highest BCUT2D eigenvalue weighted by Crippen LogP contribution is 2.14. The van der Waals surface area contributed by atoms with E-state index >= 15 is 0 Å². The van der Waals surface area contributed by atoms with E-state index < -0.39 is 0 Å². The molecule has 0 aliphatic heterocycles. The maximum atomic E-state index is 8.94. The lowest BCUT2D eigenvalue weighted by Crippen LogP contribution is -2.64. The first-order valence-corrected chi connectivity index (χ1v) is 2.82. The summed E-state index contributed by atoms with van der Waals surface area (Å²) in [6.07, 6.45) is 3.14. The third kappa shape index (κ3) is 0.924. The Kier molecular flexibility index (Phi) is 1.30. The average Bonchev–Trinajstić information content (AvgIpc) is 1.91. The topological polar surface area (TPSA) is 47.9 Å². The Labute approximate surface area is 43.3 Å². The summed E-state index contributed by atoms with van der Waals surface area (Å²) in [6.45, 7) is 0. The van der Waals surface area contributed by atoms with Crippen LogP contribution in [-0.2, 0) is 0 Å². The van der Waals surface area contributed by atoms with Gasteiger partial charge in [0, 0.05) is 6.42 Å². The first-order chi connectivity index (χ1) is 3.30. The van der Waals surface area contributed by atoms with Gasteiger partial charge in [0.25, 0.3) is 0 Å². The lowest BCUT2D eigenvalue weighted by atomic mass is 10.2. The van der Waals surface area contributed by atoms with E-state index in [0.717, 1.165) is 19.3 Å². The van der Waals surface area contributed by atoms with E-state index in [2.05, 4.69) is 5.73 Å². The summed E-state index contributed by atoms with van der Waals surface area (Å²) in [7, 11) is 0. The molecule has 1 aliphatic carbocycles. The molecule has 1 aliphatic rings. The molecule has 0 spiro atoms. The molecule has 2 nitrogen and oxygen atoms in total. The molecule has 1 fully saturated rings. The van der Waals surface area contributed by atoms with Crippen molar-refractivity contribution in [2.24, 2.45) is 0 Å². The van der Waals surface area contributed by atoms with Crippen LogP contribution in [0.3, 0.4) is 0 Å². The van der Waals surface area contributed by atoms with E-state index in [1.807, 2.05) is 0 Å². The molecule has 2 heteroatoms. The highest BCUT2D eigenvalue weighted by atomic mass is 16.3. The van der Waals surface area contributed by atoms with Crippen molar-refractivity contribution in [3.05, 3.63) is 0 Å². The molecule has 0 bridgehead atoms. The van der Waals surface area contributed by atoms with Gasteiger partial charge in [-0.3, -0.25) is 0 Å². The average molecular weight is 102 g/mol. The van der Waals surface area contributed by atoms with Crippen LogP contribution >= 0.6 is 0 Å². The predicted molar refractivity (Wildman–Crippen MR) is 26.5 cm³/mol. The van der Waals surface area contributed by atoms with Gasteiger partial charge in [0.05, 0.1) is 0 Å². The Bertz CT molecular complexity index is 57.1. The Balaban J connectivity index is 2.33. The smallest absolute Gasteiger partial charge is 0.111 e. The van der Waals surface area contributed by atoms with Crippen molar-refractivity contribution >= 4 is 0 Å². The molecule has 1 saturated carbocycles. The van der Waals surface area contributed by atoms with E-state index in [1.165, 1.54) is 0 Å². The standard InChI is InChI=1S/C5H11NO/c6-4-2-1-3-5(4)7/h4-5,7H,1-3,6H2/p+1/t4-,5+/m1/s1. The van der Waals surface area contributed by atoms with Crippen LogP contribution in [0, 0.1) is 0 Å². The lowest BCUT2D eigenvalue weighted by molar-refractivity contribution is -0.432. The Morgan fingerprint density at radius 2 is 2.14 bits per heavy atom. The number of aliphatic hydroxyl groups is 1. The fourth-order valence-electron chi connectivity index (χ4n) is 1.02. The molecular weight excluding hydrogens is 90.1 g/mol. The molecule has 42 valence electrons. The van der Waals surface area contributed by atoms with Crippen LogP contribution in [0.15, 0.2) is 0 Å². The predicted octanol–water partition coefficient (Wildman–Crippen LogP) is -0.858. The van der Waals surface area contributed by atoms with Crippen molar-refractivity contribution in [3.63, 3.8) is 0 Å². The van der Waals surface area contributed by atoms with Crippen molar-refractivity contribution < 1.29 is 10.8 Å². The summed E-state index contributed by atoms with van der Waals surface area (Å²) in [5.74, 6) is 0. The minimum Gasteiger partial charge on any atom is -0.387 e. The van der Waals surface area contributed by atoms with Crippen LogP contribution in [0.5, 0.6) is 0 Å². The van der Waals surface area contributed by atoms with Gasteiger partial charge in [0.15, 0.2) is 0 Å². The molecule has 2 atom stereocenters. The molecule has 0 aromatic rings. The van der Waals surface area contributed by atoms with Crippen LogP contribution in [-0.4, -0.2) is 17.3 Å². The molecule has 0 unspecified atom stereocenters. The minimum absolute atomic E-state index is 0.0972. The van der Waals surface area contributed by atoms with Gasteiger partial charge in [0.2, 0.25) is 0 Å². The van der Waals surface area contributed by atoms with Gasteiger partial charge in [-0.2, -0.15) is 0 Å². The number of aliphatic hydroxyl groups excluding tert-OH is 1. The van der Waals surface area contributed by atoms with Gasteiger partial charge in [0.1, 0.15) is 12.1 Å². The number of hydrogen-bond acceptors (Lipinski definition) is 1. The van der Waals surface area contributed by atoms with E-state index in [9.17, 15) is 0 Å². The number of quaternary nitrogens is 1. The Hall–Kier alpha value is -0.0800. The van der Waals surface area contributed by atoms with Gasteiger partial charge in [-0.1, -0.05) is 0 Å². The monoisotopic (exact) mass is 102 g/mol. The highest BCUT2D eigenvalue weighted by Gasteiger charge is 2.23. The Morgan fingerprint density at radius 3 is 2.29 bits per heavy atom. The normalized spacial score (nSPS) is 42.0. The van der Waals surface area contributed by atoms with E-state index in [1.54, 1.807) is 0 Å². The second-order valence-electron chi connectivity index (χ2n) is 2.26. The second kappa shape index (κ2) is 1.80. The largest absolute Gasteiger partial charge is 0.387 e. The van der Waals surface area contributed by atoms with Crippen LogP contribution in [0.2, 0.25) is 0 Å². The van der Waals surface area contributed by atoms with Gasteiger partial charge >= 0.3 is 0 Å². The minimum atomic E-state index is -0.0972. The fourth-order valence-corrected chi connectivity index (χ4v) is 1.02. The van der Waals surface area contributed by atoms with Gasteiger partial charge in [-0.25, -0.2) is 0 Å². The quantitative estimate of drug-likeness (QED) is 0.411. The lowest BCUT2D eigenvalue weighted by Gasteiger charge is -2.00. The van der Waals surface area contributed by atoms with E-state index in [0.29, 0.717) is 6.04 Å². The summed E-state index contributed by atoms with van der Waals surface area (Å²) in [6, 6.07) is 0.319. The van der Waals surface area contributed by atoms with E-state index in [-0.39, 0.29) is 6.10 Å². The molecule has 0 amide bonds. The molecule has 0 saturated heterocycles. The molecule has 0 radical (unpaired) electrons. The molecule has 4 N–H and O–H groups in total. The van der Waals surface area contributed by atoms with Crippen molar-refractivity contribution in [3.8, 4) is 0 Å². The van der Waals surface area contributed by atoms with Crippen LogP contribution in [0.25, 0.3) is 0 Å². The molecule has 0 aromatic heterocycles. The third-order valence-electron chi connectivity index (χ3n) is 1.62. The van der Waals surface area contributed by atoms with Gasteiger partial charge < -0.3 is 10.8 Å². The zero-order valence-electron chi connectivity index (χ0n) is 4.43. The number of rotatable bonds is 0. The zero-order chi connectivity index (χ0) is 5.28. The van der Waals surface area contributed by atoms with Crippen molar-refractivity contribution in [1.82, 2.24) is 0 Å². The summed E-state index contributed by atoms with van der Waals surface area (Å²) in [5, 5.41) is 8.94. The summed E-state index contributed by atoms with van der Waals surface area (Å²) >= 11 is 0. The molecule has 7 heavy (non-hydrogen) atoms. The highest BCUT2D eigenvalue weighted by molar-refractivity contribution is 4.73. The van der Waals surface area contributed by atoms with Crippen molar-refractivity contribution in [2.75, 3.05) is 0 Å². The van der Waals surface area contributed by atoms with Crippen LogP contribution in [0.1, 0.15) is 19.3 Å². The third-order valence-corrected chi connectivity index (χ3v) is 1.62. The maximum Gasteiger partial charge on any atom is 0.111 e. The Morgan fingerprint density at radius 1 is 1.43 bits per heavy atom. The molecule has 1 rings (SSSR count). The van der Waals surface area contributed by atoms with Crippen molar-refractivity contribution in [2.45, 2.75) is 31.4 Å². The zero-order valence-corrected chi connectivity index (χ0v) is 4.43. The van der Waals surface area contributed by atoms with Gasteiger partial charge in [-0.15, -0.1) is 0 Å². The SMILES string of the molecule is [NH3+][C@@H]1CCC[C@@H]1O. The second-order valence-corrected chi connectivity index (χ2v) is 2.26. The molecule has 0 aromatic carbocycles. The first-order valence-electron chi connectivity index (χ1n) is 2.82. The van der Waals surface area contributed by atoms with Crippen LogP contribution < -0.4 is 5.73 Å². The fraction of sp³-hybridized carbons (Fsp3) is 1.00. The summed E-state index contributed by atoms with van der Waals surface area (Å²) < 4.78 is 0. The maximum absolute atomic E-state index is 8.94. The van der Waals surface area contributed by atoms with Crippen LogP contribution in [0.4, 0.5) is 0 Å². The summed E-state index contributed by atoms with van der Waals surface area (Å²) in [5.41, 5.74) is 3.77.